The fraction of sp³-hybridized carbons (Fsp3) is 0.750. The Balaban J connectivity index is 2.34. The first-order valence-electron chi connectivity index (χ1n) is 3.95. The van der Waals surface area contributed by atoms with Crippen molar-refractivity contribution in [1.82, 2.24) is 0 Å². The number of allylic oxidation sites excluding steroid dienone is 2. The van der Waals surface area contributed by atoms with Gasteiger partial charge >= 0.3 is 0 Å². The Morgan fingerprint density at radius 2 is 2.00 bits per heavy atom. The number of nitrogens with zero attached hydrogens (tertiary/aromatic N) is 1. The van der Waals surface area contributed by atoms with Gasteiger partial charge < -0.3 is 0 Å². The van der Waals surface area contributed by atoms with E-state index in [1.807, 2.05) is 0 Å². The molecular formula is C8H14N2. The summed E-state index contributed by atoms with van der Waals surface area (Å²) in [6, 6.07) is 0.310. The predicted molar refractivity (Wildman–Crippen MR) is 41.2 cm³/mol. The third-order valence-electron chi connectivity index (χ3n) is 1.92. The van der Waals surface area contributed by atoms with E-state index in [-0.39, 0.29) is 0 Å². The van der Waals surface area contributed by atoms with E-state index in [1.54, 1.807) is 0 Å². The van der Waals surface area contributed by atoms with Gasteiger partial charge in [-0.2, -0.15) is 5.11 Å². The smallest absolute Gasteiger partial charge is 0.0708 e. The summed E-state index contributed by atoms with van der Waals surface area (Å²) in [5.41, 5.74) is 6.87. The summed E-state index contributed by atoms with van der Waals surface area (Å²) in [6.07, 6.45) is 10.1. The van der Waals surface area contributed by atoms with Crippen LogP contribution in [0.25, 0.3) is 0 Å². The van der Waals surface area contributed by atoms with E-state index in [9.17, 15) is 0 Å². The highest BCUT2D eigenvalue weighted by Crippen LogP contribution is 2.14. The molecule has 2 heteroatoms. The predicted octanol–water partition coefficient (Wildman–Crippen LogP) is 2.91. The third-order valence-corrected chi connectivity index (χ3v) is 1.92. The summed E-state index contributed by atoms with van der Waals surface area (Å²) in [6.45, 7) is 0. The summed E-state index contributed by atoms with van der Waals surface area (Å²) in [5, 5.41) is 3.57. The third kappa shape index (κ3) is 2.29. The van der Waals surface area contributed by atoms with E-state index < -0.39 is 0 Å². The van der Waals surface area contributed by atoms with Crippen LogP contribution >= 0.6 is 0 Å². The highest BCUT2D eigenvalue weighted by Gasteiger charge is 2.05. The molecule has 1 aliphatic carbocycles. The van der Waals surface area contributed by atoms with Gasteiger partial charge in [0.1, 0.15) is 0 Å². The van der Waals surface area contributed by atoms with Gasteiger partial charge in [-0.15, -0.1) is 0 Å². The van der Waals surface area contributed by atoms with Crippen LogP contribution < -0.4 is 0 Å². The molecule has 0 saturated carbocycles. The molecule has 0 spiro atoms. The van der Waals surface area contributed by atoms with Crippen LogP contribution in [-0.2, 0) is 0 Å². The second-order valence-electron chi connectivity index (χ2n) is 2.76. The average molecular weight is 138 g/mol. The van der Waals surface area contributed by atoms with Crippen LogP contribution in [0.1, 0.15) is 32.1 Å². The molecule has 0 aliphatic heterocycles. The second kappa shape index (κ2) is 4.20. The van der Waals surface area contributed by atoms with Gasteiger partial charge in [0.05, 0.1) is 6.04 Å². The Bertz CT molecular complexity index is 129. The quantitative estimate of drug-likeness (QED) is 0.427. The van der Waals surface area contributed by atoms with Gasteiger partial charge in [0.25, 0.3) is 0 Å². The lowest BCUT2D eigenvalue weighted by atomic mass is 10.0. The Hall–Kier alpha value is -0.660. The van der Waals surface area contributed by atoms with Crippen molar-refractivity contribution in [2.24, 2.45) is 5.11 Å². The van der Waals surface area contributed by atoms with Gasteiger partial charge in [-0.25, -0.2) is 5.53 Å². The molecule has 56 valence electrons. The van der Waals surface area contributed by atoms with Gasteiger partial charge in [0.15, 0.2) is 0 Å². The van der Waals surface area contributed by atoms with Crippen LogP contribution in [0.2, 0.25) is 0 Å². The number of hydrogen-bond donors (Lipinski definition) is 1. The molecule has 0 saturated heterocycles. The van der Waals surface area contributed by atoms with Crippen molar-refractivity contribution >= 4 is 0 Å². The minimum atomic E-state index is 0.310. The lowest BCUT2D eigenvalue weighted by Crippen LogP contribution is -2.03. The Morgan fingerprint density at radius 1 is 1.20 bits per heavy atom. The summed E-state index contributed by atoms with van der Waals surface area (Å²) >= 11 is 0. The van der Waals surface area contributed by atoms with E-state index in [4.69, 9.17) is 5.53 Å². The first-order chi connectivity index (χ1) is 4.93. The maximum absolute atomic E-state index is 6.87. The topological polar surface area (TPSA) is 36.2 Å². The fourth-order valence-electron chi connectivity index (χ4n) is 1.27. The molecule has 0 bridgehead atoms. The van der Waals surface area contributed by atoms with Gasteiger partial charge in [-0.3, -0.25) is 0 Å². The van der Waals surface area contributed by atoms with Gasteiger partial charge in [-0.1, -0.05) is 12.2 Å². The van der Waals surface area contributed by atoms with Crippen molar-refractivity contribution in [2.75, 3.05) is 0 Å². The first kappa shape index (κ1) is 7.45. The Labute approximate surface area is 61.8 Å². The minimum Gasteiger partial charge on any atom is -0.210 e. The Kier molecular flexibility index (Phi) is 3.13. The van der Waals surface area contributed by atoms with Gasteiger partial charge in [-0.05, 0) is 32.1 Å². The normalized spacial score (nSPS) is 27.0. The van der Waals surface area contributed by atoms with E-state index >= 15 is 0 Å². The SMILES string of the molecule is N=NC1CCC=CCCC1. The second-order valence-corrected chi connectivity index (χ2v) is 2.76. The van der Waals surface area contributed by atoms with Crippen LogP contribution in [0.15, 0.2) is 17.3 Å². The highest BCUT2D eigenvalue weighted by atomic mass is 15.0. The van der Waals surface area contributed by atoms with Crippen molar-refractivity contribution in [2.45, 2.75) is 38.1 Å². The summed E-state index contributed by atoms with van der Waals surface area (Å²) < 4.78 is 0. The van der Waals surface area contributed by atoms with Gasteiger partial charge in [0, 0.05) is 0 Å². The van der Waals surface area contributed by atoms with Crippen molar-refractivity contribution in [3.8, 4) is 0 Å². The molecule has 0 aromatic rings. The zero-order valence-corrected chi connectivity index (χ0v) is 6.21. The van der Waals surface area contributed by atoms with Crippen LogP contribution in [0.5, 0.6) is 0 Å². The zero-order chi connectivity index (χ0) is 7.23. The number of rotatable bonds is 1. The molecule has 1 rings (SSSR count). The van der Waals surface area contributed by atoms with Gasteiger partial charge in [0.2, 0.25) is 0 Å². The molecule has 0 radical (unpaired) electrons. The summed E-state index contributed by atoms with van der Waals surface area (Å²) in [5.74, 6) is 0. The molecule has 1 N–H and O–H groups in total. The van der Waals surface area contributed by atoms with Crippen molar-refractivity contribution in [1.29, 1.82) is 5.53 Å². The number of nitrogens with one attached hydrogen (secondary N) is 1. The fourth-order valence-corrected chi connectivity index (χ4v) is 1.27. The molecule has 0 heterocycles. The van der Waals surface area contributed by atoms with E-state index in [0.717, 1.165) is 19.3 Å². The number of hydrogen-bond acceptors (Lipinski definition) is 2. The largest absolute Gasteiger partial charge is 0.210 e. The molecular weight excluding hydrogens is 124 g/mol. The molecule has 0 amide bonds. The van der Waals surface area contributed by atoms with E-state index in [0.29, 0.717) is 6.04 Å². The monoisotopic (exact) mass is 138 g/mol. The van der Waals surface area contributed by atoms with Crippen LogP contribution in [-0.4, -0.2) is 6.04 Å². The Morgan fingerprint density at radius 3 is 2.80 bits per heavy atom. The summed E-state index contributed by atoms with van der Waals surface area (Å²) in [4.78, 5) is 0. The van der Waals surface area contributed by atoms with E-state index in [1.165, 1.54) is 12.8 Å². The first-order valence-corrected chi connectivity index (χ1v) is 3.95. The van der Waals surface area contributed by atoms with Crippen LogP contribution in [0.4, 0.5) is 0 Å². The molecule has 0 aromatic carbocycles. The zero-order valence-electron chi connectivity index (χ0n) is 6.21. The van der Waals surface area contributed by atoms with E-state index in [2.05, 4.69) is 17.3 Å². The highest BCUT2D eigenvalue weighted by molar-refractivity contribution is 4.86. The molecule has 1 aliphatic rings. The average Bonchev–Trinajstić information content (AvgIpc) is 1.87. The van der Waals surface area contributed by atoms with Crippen molar-refractivity contribution in [3.05, 3.63) is 12.2 Å². The summed E-state index contributed by atoms with van der Waals surface area (Å²) in [7, 11) is 0. The maximum atomic E-state index is 6.87. The standard InChI is InChI=1S/C8H14N2/c9-10-8-6-4-2-1-3-5-7-8/h1-2,8-9H,3-7H2. The van der Waals surface area contributed by atoms with Crippen molar-refractivity contribution in [3.63, 3.8) is 0 Å². The molecule has 0 aromatic heterocycles. The van der Waals surface area contributed by atoms with Crippen LogP contribution in [0.3, 0.4) is 0 Å². The molecule has 2 nitrogen and oxygen atoms in total. The van der Waals surface area contributed by atoms with Crippen molar-refractivity contribution < 1.29 is 0 Å². The van der Waals surface area contributed by atoms with Crippen LogP contribution in [0, 0.1) is 5.53 Å². The molecule has 10 heavy (non-hydrogen) atoms. The lowest BCUT2D eigenvalue weighted by Gasteiger charge is -2.09. The minimum absolute atomic E-state index is 0.310. The molecule has 1 atom stereocenters. The maximum Gasteiger partial charge on any atom is 0.0708 e. The molecule has 1 unspecified atom stereocenters. The molecule has 0 fully saturated rings. The lowest BCUT2D eigenvalue weighted by molar-refractivity contribution is 0.518.